The van der Waals surface area contributed by atoms with E-state index >= 15 is 0 Å². The van der Waals surface area contributed by atoms with Crippen LogP contribution in [-0.4, -0.2) is 36.7 Å². The van der Waals surface area contributed by atoms with Crippen LogP contribution in [0.4, 0.5) is 11.8 Å². The molecule has 1 saturated carbocycles. The van der Waals surface area contributed by atoms with E-state index in [9.17, 15) is 0 Å². The Morgan fingerprint density at radius 3 is 2.67 bits per heavy atom. The molecular formula is C19H22Cl2N6. The number of rotatable bonds is 6. The summed E-state index contributed by atoms with van der Waals surface area (Å²) in [6.07, 6.45) is 3.16. The van der Waals surface area contributed by atoms with E-state index in [1.807, 2.05) is 13.1 Å². The summed E-state index contributed by atoms with van der Waals surface area (Å²) < 4.78 is 1.12. The summed E-state index contributed by atoms with van der Waals surface area (Å²) in [5, 5.41) is 12.0. The summed E-state index contributed by atoms with van der Waals surface area (Å²) in [6, 6.07) is 10.6. The van der Waals surface area contributed by atoms with E-state index in [-0.39, 0.29) is 6.04 Å². The Balaban J connectivity index is 1.53. The van der Waals surface area contributed by atoms with Crippen LogP contribution >= 0.6 is 23.2 Å². The number of halogens is 2. The minimum absolute atomic E-state index is 0.203. The van der Waals surface area contributed by atoms with Crippen LogP contribution in [0.2, 0.25) is 0 Å². The van der Waals surface area contributed by atoms with Crippen molar-refractivity contribution in [2.75, 3.05) is 17.2 Å². The van der Waals surface area contributed by atoms with Crippen LogP contribution in [0.3, 0.4) is 0 Å². The number of nitrogens with zero attached hydrogens (tertiary/aromatic N) is 4. The minimum Gasteiger partial charge on any atom is -0.366 e. The van der Waals surface area contributed by atoms with Gasteiger partial charge in [0.05, 0.1) is 11.6 Å². The van der Waals surface area contributed by atoms with E-state index in [1.165, 1.54) is 5.56 Å². The molecule has 0 saturated heterocycles. The molecule has 3 aromatic rings. The van der Waals surface area contributed by atoms with Gasteiger partial charge in [-0.1, -0.05) is 37.3 Å². The third-order valence-electron chi connectivity index (χ3n) is 4.96. The lowest BCUT2D eigenvalue weighted by molar-refractivity contribution is 0.413. The number of hydrogen-bond donors (Lipinski definition) is 2. The van der Waals surface area contributed by atoms with E-state index in [0.29, 0.717) is 24.7 Å². The second-order valence-corrected chi connectivity index (χ2v) is 8.84. The van der Waals surface area contributed by atoms with E-state index < -0.39 is 4.33 Å². The molecule has 1 aliphatic rings. The van der Waals surface area contributed by atoms with Crippen LogP contribution in [0.25, 0.3) is 11.0 Å². The Morgan fingerprint density at radius 1 is 1.22 bits per heavy atom. The predicted molar refractivity (Wildman–Crippen MR) is 111 cm³/mol. The highest BCUT2D eigenvalue weighted by Gasteiger charge is 2.41. The molecule has 0 aliphatic heterocycles. The fourth-order valence-corrected chi connectivity index (χ4v) is 4.06. The van der Waals surface area contributed by atoms with Crippen molar-refractivity contribution in [3.8, 4) is 0 Å². The maximum absolute atomic E-state index is 6.13. The van der Waals surface area contributed by atoms with Gasteiger partial charge in [-0.25, -0.2) is 0 Å². The summed E-state index contributed by atoms with van der Waals surface area (Å²) in [7, 11) is 1.88. The number of fused-ring (bicyclic) bond motifs is 1. The minimum atomic E-state index is -0.634. The number of aromatic nitrogens is 4. The Morgan fingerprint density at radius 2 is 1.96 bits per heavy atom. The standard InChI is InChI=1S/C19H22Cl2N6/c1-12(13-6-4-3-5-7-13)10-22-18-25-16(24-14-8-19(20,21)9-14)15-11-23-27(2)17(15)26-18/h3-7,11-12,14H,8-10H2,1-2H3,(H2,22,24,25,26). The molecule has 1 unspecified atom stereocenters. The van der Waals surface area contributed by atoms with E-state index in [4.69, 9.17) is 23.2 Å². The molecule has 0 radical (unpaired) electrons. The third-order valence-corrected chi connectivity index (χ3v) is 5.58. The number of aryl methyl sites for hydroxylation is 1. The highest BCUT2D eigenvalue weighted by molar-refractivity contribution is 6.49. The number of hydrogen-bond acceptors (Lipinski definition) is 5. The molecule has 2 heterocycles. The lowest BCUT2D eigenvalue weighted by atomic mass is 9.91. The van der Waals surface area contributed by atoms with Gasteiger partial charge in [0.25, 0.3) is 0 Å². The fourth-order valence-electron chi connectivity index (χ4n) is 3.31. The smallest absolute Gasteiger partial charge is 0.226 e. The second kappa shape index (κ2) is 7.17. The van der Waals surface area contributed by atoms with E-state index in [1.54, 1.807) is 10.9 Å². The molecule has 1 aliphatic carbocycles. The summed E-state index contributed by atoms with van der Waals surface area (Å²) >= 11 is 12.3. The molecular weight excluding hydrogens is 383 g/mol. The lowest BCUT2D eigenvalue weighted by Crippen LogP contribution is -2.43. The van der Waals surface area contributed by atoms with Gasteiger partial charge >= 0.3 is 0 Å². The Hall–Kier alpha value is -2.05. The lowest BCUT2D eigenvalue weighted by Gasteiger charge is -2.38. The molecule has 1 atom stereocenters. The molecule has 2 aromatic heterocycles. The van der Waals surface area contributed by atoms with Crippen molar-refractivity contribution in [3.63, 3.8) is 0 Å². The van der Waals surface area contributed by atoms with Crippen LogP contribution < -0.4 is 10.6 Å². The van der Waals surface area contributed by atoms with Gasteiger partial charge in [0.2, 0.25) is 5.95 Å². The maximum atomic E-state index is 6.13. The van der Waals surface area contributed by atoms with Crippen molar-refractivity contribution >= 4 is 46.0 Å². The van der Waals surface area contributed by atoms with E-state index in [2.05, 4.69) is 56.9 Å². The van der Waals surface area contributed by atoms with Crippen LogP contribution in [0.1, 0.15) is 31.2 Å². The average molecular weight is 405 g/mol. The molecule has 2 N–H and O–H groups in total. The van der Waals surface area contributed by atoms with Gasteiger partial charge in [-0.15, -0.1) is 23.2 Å². The zero-order valence-corrected chi connectivity index (χ0v) is 16.8. The molecule has 6 nitrogen and oxygen atoms in total. The molecule has 4 rings (SSSR count). The average Bonchev–Trinajstić information content (AvgIpc) is 3.00. The second-order valence-electron chi connectivity index (χ2n) is 7.20. The van der Waals surface area contributed by atoms with Gasteiger partial charge < -0.3 is 10.6 Å². The van der Waals surface area contributed by atoms with Crippen LogP contribution in [0, 0.1) is 0 Å². The molecule has 1 fully saturated rings. The first-order valence-electron chi connectivity index (χ1n) is 9.04. The van der Waals surface area contributed by atoms with Crippen LogP contribution in [-0.2, 0) is 7.05 Å². The largest absolute Gasteiger partial charge is 0.366 e. The molecule has 27 heavy (non-hydrogen) atoms. The van der Waals surface area contributed by atoms with Crippen molar-refractivity contribution in [1.29, 1.82) is 0 Å². The topological polar surface area (TPSA) is 67.7 Å². The van der Waals surface area contributed by atoms with Crippen molar-refractivity contribution in [2.24, 2.45) is 7.05 Å². The zero-order chi connectivity index (χ0) is 19.0. The summed E-state index contributed by atoms with van der Waals surface area (Å²) in [4.78, 5) is 9.30. The summed E-state index contributed by atoms with van der Waals surface area (Å²) in [6.45, 7) is 2.92. The zero-order valence-electron chi connectivity index (χ0n) is 15.3. The molecule has 8 heteroatoms. The Labute approximate surface area is 168 Å². The summed E-state index contributed by atoms with van der Waals surface area (Å²) in [5.41, 5.74) is 2.06. The van der Waals surface area contributed by atoms with Gasteiger partial charge in [-0.05, 0) is 11.5 Å². The molecule has 0 amide bonds. The molecule has 1 aromatic carbocycles. The molecule has 0 spiro atoms. The fraction of sp³-hybridized carbons (Fsp3) is 0.421. The normalized spacial score (nSPS) is 17.5. The van der Waals surface area contributed by atoms with Crippen molar-refractivity contribution in [3.05, 3.63) is 42.1 Å². The predicted octanol–water partition coefficient (Wildman–Crippen LogP) is 4.33. The number of anilines is 2. The monoisotopic (exact) mass is 404 g/mol. The van der Waals surface area contributed by atoms with Crippen LogP contribution in [0.15, 0.2) is 36.5 Å². The number of nitrogens with one attached hydrogen (secondary N) is 2. The summed E-state index contributed by atoms with van der Waals surface area (Å²) in [5.74, 6) is 1.68. The van der Waals surface area contributed by atoms with Crippen LogP contribution in [0.5, 0.6) is 0 Å². The third kappa shape index (κ3) is 3.96. The van der Waals surface area contributed by atoms with Gasteiger partial charge in [0.1, 0.15) is 10.2 Å². The Bertz CT molecular complexity index is 932. The SMILES string of the molecule is CC(CNc1nc(NC2CC(Cl)(Cl)C2)c2cnn(C)c2n1)c1ccccc1. The first-order chi connectivity index (χ1) is 12.9. The number of alkyl halides is 2. The van der Waals surface area contributed by atoms with Crippen molar-refractivity contribution < 1.29 is 0 Å². The highest BCUT2D eigenvalue weighted by atomic mass is 35.5. The van der Waals surface area contributed by atoms with Gasteiger partial charge in [0.15, 0.2) is 5.65 Å². The maximum Gasteiger partial charge on any atom is 0.226 e. The first-order valence-corrected chi connectivity index (χ1v) is 9.80. The van der Waals surface area contributed by atoms with Gasteiger partial charge in [-0.3, -0.25) is 4.68 Å². The van der Waals surface area contributed by atoms with Gasteiger partial charge in [-0.2, -0.15) is 15.1 Å². The highest BCUT2D eigenvalue weighted by Crippen LogP contribution is 2.43. The molecule has 0 bridgehead atoms. The van der Waals surface area contributed by atoms with E-state index in [0.717, 1.165) is 23.4 Å². The first kappa shape index (κ1) is 18.3. The van der Waals surface area contributed by atoms with Gasteiger partial charge in [0, 0.05) is 32.5 Å². The van der Waals surface area contributed by atoms with Crippen molar-refractivity contribution in [2.45, 2.75) is 36.1 Å². The Kier molecular flexibility index (Phi) is 4.86. The number of benzene rings is 1. The molecule has 142 valence electrons. The quantitative estimate of drug-likeness (QED) is 0.598. The van der Waals surface area contributed by atoms with Crippen molar-refractivity contribution in [1.82, 2.24) is 19.7 Å².